The minimum Gasteiger partial charge on any atom is -0.496 e. The Morgan fingerprint density at radius 1 is 1.47 bits per heavy atom. The molecule has 0 unspecified atom stereocenters. The second kappa shape index (κ2) is 7.63. The topological polar surface area (TPSA) is 71.1 Å². The summed E-state index contributed by atoms with van der Waals surface area (Å²) in [5.74, 6) is 0.680. The molecule has 1 aromatic carbocycles. The third-order valence-corrected chi connectivity index (χ3v) is 3.00. The predicted molar refractivity (Wildman–Crippen MR) is 76.7 cm³/mol. The van der Waals surface area contributed by atoms with Gasteiger partial charge in [0, 0.05) is 6.54 Å². The van der Waals surface area contributed by atoms with E-state index in [1.807, 2.05) is 18.2 Å². The second-order valence-electron chi connectivity index (χ2n) is 4.61. The molecule has 0 bridgehead atoms. The molecule has 0 saturated carbocycles. The Kier molecular flexibility index (Phi) is 6.15. The highest BCUT2D eigenvalue weighted by Crippen LogP contribution is 2.20. The number of nitrogens with zero attached hydrogens (tertiary/aromatic N) is 2. The number of ether oxygens (including phenoxy) is 1. The first kappa shape index (κ1) is 15.3. The van der Waals surface area contributed by atoms with Crippen molar-refractivity contribution in [2.75, 3.05) is 20.7 Å². The zero-order valence-electron chi connectivity index (χ0n) is 11.9. The van der Waals surface area contributed by atoms with Crippen LogP contribution in [0.4, 0.5) is 0 Å². The first-order chi connectivity index (χ1) is 9.12. The number of hydrogen-bond donors (Lipinski definition) is 2. The minimum atomic E-state index is 0.0581. The summed E-state index contributed by atoms with van der Waals surface area (Å²) in [6, 6.07) is 5.71. The van der Waals surface area contributed by atoms with Crippen LogP contribution >= 0.6 is 0 Å². The van der Waals surface area contributed by atoms with Crippen LogP contribution in [0.15, 0.2) is 23.4 Å². The standard InChI is InChI=1S/C14H23N3O2/c1-4-5-8-17(2)10-11-6-7-12(14(15)16-18)13(9-11)19-3/h6-7,9,18H,4-5,8,10H2,1-3H3,(H2,15,16). The molecule has 0 heterocycles. The lowest BCUT2D eigenvalue weighted by atomic mass is 10.1. The Hall–Kier alpha value is -1.75. The average molecular weight is 265 g/mol. The van der Waals surface area contributed by atoms with E-state index in [1.165, 1.54) is 12.8 Å². The zero-order chi connectivity index (χ0) is 14.3. The van der Waals surface area contributed by atoms with Crippen molar-refractivity contribution in [3.05, 3.63) is 29.3 Å². The van der Waals surface area contributed by atoms with E-state index < -0.39 is 0 Å². The minimum absolute atomic E-state index is 0.0581. The molecule has 1 rings (SSSR count). The highest BCUT2D eigenvalue weighted by molar-refractivity contribution is 5.99. The van der Waals surface area contributed by atoms with Crippen LogP contribution in [0.5, 0.6) is 5.75 Å². The van der Waals surface area contributed by atoms with Crippen LogP contribution in [0, 0.1) is 0 Å². The molecule has 5 nitrogen and oxygen atoms in total. The number of unbranched alkanes of at least 4 members (excludes halogenated alkanes) is 1. The molecule has 1 aromatic rings. The van der Waals surface area contributed by atoms with Crippen molar-refractivity contribution < 1.29 is 9.94 Å². The van der Waals surface area contributed by atoms with Crippen LogP contribution in [0.2, 0.25) is 0 Å². The summed E-state index contributed by atoms with van der Waals surface area (Å²) in [5, 5.41) is 11.7. The summed E-state index contributed by atoms with van der Waals surface area (Å²) in [6.45, 7) is 4.11. The summed E-state index contributed by atoms with van der Waals surface area (Å²) in [5.41, 5.74) is 7.34. The average Bonchev–Trinajstić information content (AvgIpc) is 2.44. The van der Waals surface area contributed by atoms with E-state index in [-0.39, 0.29) is 5.84 Å². The van der Waals surface area contributed by atoms with Crippen molar-refractivity contribution in [3.8, 4) is 5.75 Å². The molecular formula is C14H23N3O2. The van der Waals surface area contributed by atoms with Gasteiger partial charge in [-0.3, -0.25) is 0 Å². The fourth-order valence-corrected chi connectivity index (χ4v) is 1.92. The number of amidine groups is 1. The van der Waals surface area contributed by atoms with Gasteiger partial charge in [-0.15, -0.1) is 0 Å². The van der Waals surface area contributed by atoms with Crippen molar-refractivity contribution in [1.29, 1.82) is 0 Å². The van der Waals surface area contributed by atoms with E-state index in [4.69, 9.17) is 15.7 Å². The molecule has 5 heteroatoms. The molecule has 0 radical (unpaired) electrons. The number of benzene rings is 1. The number of methoxy groups -OCH3 is 1. The fraction of sp³-hybridized carbons (Fsp3) is 0.500. The number of oxime groups is 1. The van der Waals surface area contributed by atoms with E-state index >= 15 is 0 Å². The Balaban J connectivity index is 2.82. The van der Waals surface area contributed by atoms with Gasteiger partial charge in [-0.25, -0.2) is 0 Å². The van der Waals surface area contributed by atoms with E-state index in [2.05, 4.69) is 24.0 Å². The molecule has 106 valence electrons. The maximum Gasteiger partial charge on any atom is 0.173 e. The van der Waals surface area contributed by atoms with Gasteiger partial charge < -0.3 is 20.6 Å². The summed E-state index contributed by atoms with van der Waals surface area (Å²) in [4.78, 5) is 2.27. The van der Waals surface area contributed by atoms with E-state index in [9.17, 15) is 0 Å². The van der Waals surface area contributed by atoms with E-state index in [0.29, 0.717) is 11.3 Å². The van der Waals surface area contributed by atoms with Crippen molar-refractivity contribution in [3.63, 3.8) is 0 Å². The van der Waals surface area contributed by atoms with Crippen LogP contribution in [-0.2, 0) is 6.54 Å². The largest absolute Gasteiger partial charge is 0.496 e. The Labute approximate surface area is 114 Å². The maximum absolute atomic E-state index is 8.72. The van der Waals surface area contributed by atoms with Crippen molar-refractivity contribution >= 4 is 5.84 Å². The highest BCUT2D eigenvalue weighted by atomic mass is 16.5. The second-order valence-corrected chi connectivity index (χ2v) is 4.61. The van der Waals surface area contributed by atoms with Gasteiger partial charge >= 0.3 is 0 Å². The molecule has 0 spiro atoms. The molecule has 0 atom stereocenters. The van der Waals surface area contributed by atoms with Crippen LogP contribution in [0.3, 0.4) is 0 Å². The van der Waals surface area contributed by atoms with Gasteiger partial charge in [-0.05, 0) is 37.7 Å². The first-order valence-corrected chi connectivity index (χ1v) is 6.45. The van der Waals surface area contributed by atoms with Crippen molar-refractivity contribution in [1.82, 2.24) is 4.90 Å². The van der Waals surface area contributed by atoms with E-state index in [1.54, 1.807) is 7.11 Å². The Morgan fingerprint density at radius 2 is 2.21 bits per heavy atom. The number of nitrogens with two attached hydrogens (primary N) is 1. The predicted octanol–water partition coefficient (Wildman–Crippen LogP) is 2.02. The molecule has 19 heavy (non-hydrogen) atoms. The summed E-state index contributed by atoms with van der Waals surface area (Å²) in [7, 11) is 3.67. The van der Waals surface area contributed by atoms with Gasteiger partial charge in [0.15, 0.2) is 5.84 Å². The zero-order valence-corrected chi connectivity index (χ0v) is 11.9. The quantitative estimate of drug-likeness (QED) is 0.342. The van der Waals surface area contributed by atoms with Gasteiger partial charge in [-0.2, -0.15) is 0 Å². The van der Waals surface area contributed by atoms with Gasteiger partial charge in [-0.1, -0.05) is 24.6 Å². The molecule has 3 N–H and O–H groups in total. The highest BCUT2D eigenvalue weighted by Gasteiger charge is 2.09. The molecule has 0 fully saturated rings. The molecule has 0 aliphatic rings. The molecular weight excluding hydrogens is 242 g/mol. The van der Waals surface area contributed by atoms with Crippen LogP contribution < -0.4 is 10.5 Å². The molecule has 0 saturated heterocycles. The van der Waals surface area contributed by atoms with Crippen molar-refractivity contribution in [2.45, 2.75) is 26.3 Å². The van der Waals surface area contributed by atoms with Gasteiger partial charge in [0.1, 0.15) is 5.75 Å². The van der Waals surface area contributed by atoms with Crippen LogP contribution in [-0.4, -0.2) is 36.6 Å². The first-order valence-electron chi connectivity index (χ1n) is 6.45. The number of rotatable bonds is 7. The maximum atomic E-state index is 8.72. The lowest BCUT2D eigenvalue weighted by molar-refractivity contribution is 0.317. The van der Waals surface area contributed by atoms with Crippen LogP contribution in [0.25, 0.3) is 0 Å². The monoisotopic (exact) mass is 265 g/mol. The SMILES string of the molecule is CCCCN(C)Cc1ccc(/C(N)=N/O)c(OC)c1. The van der Waals surface area contributed by atoms with Gasteiger partial charge in [0.25, 0.3) is 0 Å². The van der Waals surface area contributed by atoms with Crippen LogP contribution in [0.1, 0.15) is 30.9 Å². The van der Waals surface area contributed by atoms with E-state index in [0.717, 1.165) is 18.7 Å². The third kappa shape index (κ3) is 4.44. The number of hydrogen-bond acceptors (Lipinski definition) is 4. The smallest absolute Gasteiger partial charge is 0.173 e. The molecule has 0 aliphatic carbocycles. The summed E-state index contributed by atoms with van der Waals surface area (Å²) >= 11 is 0. The van der Waals surface area contributed by atoms with Crippen molar-refractivity contribution in [2.24, 2.45) is 10.9 Å². The molecule has 0 aliphatic heterocycles. The fourth-order valence-electron chi connectivity index (χ4n) is 1.92. The van der Waals surface area contributed by atoms with Gasteiger partial charge in [0.05, 0.1) is 12.7 Å². The third-order valence-electron chi connectivity index (χ3n) is 3.00. The lowest BCUT2D eigenvalue weighted by Crippen LogP contribution is -2.19. The Bertz CT molecular complexity index is 433. The Morgan fingerprint density at radius 3 is 2.79 bits per heavy atom. The van der Waals surface area contributed by atoms with Gasteiger partial charge in [0.2, 0.25) is 0 Å². The normalized spacial score (nSPS) is 11.9. The summed E-state index contributed by atoms with van der Waals surface area (Å²) in [6.07, 6.45) is 2.38. The molecule has 0 aromatic heterocycles. The molecule has 0 amide bonds. The summed E-state index contributed by atoms with van der Waals surface area (Å²) < 4.78 is 5.28. The lowest BCUT2D eigenvalue weighted by Gasteiger charge is -2.17.